The molecule has 3 atom stereocenters. The summed E-state index contributed by atoms with van der Waals surface area (Å²) in [6.07, 6.45) is 0.807. The number of Topliss-reactive ketones (excluding diaryl/α,β-unsaturated/α-hetero) is 2. The van der Waals surface area contributed by atoms with Gasteiger partial charge in [0.15, 0.2) is 28.8 Å². The maximum atomic E-state index is 14.5. The summed E-state index contributed by atoms with van der Waals surface area (Å²) >= 11 is 6.63. The normalized spacial score (nSPS) is 18.4. The van der Waals surface area contributed by atoms with Crippen LogP contribution < -0.4 is 39.3 Å². The molecular weight excluding hydrogens is 710 g/mol. The van der Waals surface area contributed by atoms with Gasteiger partial charge in [0.2, 0.25) is 23.0 Å². The number of rotatable bonds is 12. The van der Waals surface area contributed by atoms with E-state index in [-0.39, 0.29) is 82.1 Å². The molecule has 1 aliphatic heterocycles. The van der Waals surface area contributed by atoms with E-state index in [1.807, 2.05) is 0 Å². The Balaban J connectivity index is 1.42. The predicted octanol–water partition coefficient (Wildman–Crippen LogP) is 4.82. The Labute approximate surface area is 309 Å². The Morgan fingerprint density at radius 2 is 1.66 bits per heavy atom. The number of para-hydroxylation sites is 1. The fraction of sp³-hybridized carbons (Fsp3) is 0.342. The third-order valence-corrected chi connectivity index (χ3v) is 10.1. The lowest BCUT2D eigenvalue weighted by molar-refractivity contribution is -0.121. The van der Waals surface area contributed by atoms with Gasteiger partial charge in [-0.05, 0) is 29.8 Å². The molecule has 1 amide bonds. The topological polar surface area (TPSA) is 174 Å². The highest BCUT2D eigenvalue weighted by Gasteiger charge is 2.61. The van der Waals surface area contributed by atoms with E-state index in [0.717, 1.165) is 0 Å². The van der Waals surface area contributed by atoms with Crippen LogP contribution in [0.25, 0.3) is 10.9 Å². The molecule has 1 unspecified atom stereocenters. The molecule has 2 aliphatic rings. The number of hydrogen-bond acceptors (Lipinski definition) is 12. The number of carbonyl (C=O) groups is 3. The van der Waals surface area contributed by atoms with Crippen LogP contribution in [0.2, 0.25) is 5.02 Å². The number of aliphatic hydroxyl groups excluding tert-OH is 1. The van der Waals surface area contributed by atoms with Crippen LogP contribution in [0.1, 0.15) is 41.6 Å². The summed E-state index contributed by atoms with van der Waals surface area (Å²) in [5.41, 5.74) is -1.70. The van der Waals surface area contributed by atoms with Gasteiger partial charge in [-0.1, -0.05) is 30.7 Å². The summed E-state index contributed by atoms with van der Waals surface area (Å²) in [4.78, 5) is 59.6. The Hall–Kier alpha value is -5.76. The van der Waals surface area contributed by atoms with Crippen molar-refractivity contribution in [3.63, 3.8) is 0 Å². The predicted molar refractivity (Wildman–Crippen MR) is 193 cm³/mol. The Morgan fingerprint density at radius 1 is 1.00 bits per heavy atom. The lowest BCUT2D eigenvalue weighted by atomic mass is 9.69. The minimum atomic E-state index is -2.09. The third-order valence-electron chi connectivity index (χ3n) is 9.75. The molecule has 278 valence electrons. The highest BCUT2D eigenvalue weighted by Crippen LogP contribution is 2.56. The number of benzene rings is 3. The first-order chi connectivity index (χ1) is 25.4. The number of fused-ring (bicyclic) bond motifs is 2. The summed E-state index contributed by atoms with van der Waals surface area (Å²) in [5.74, 6) is -3.48. The monoisotopic (exact) mass is 747 g/mol. The van der Waals surface area contributed by atoms with Gasteiger partial charge >= 0.3 is 0 Å². The first-order valence-corrected chi connectivity index (χ1v) is 17.0. The summed E-state index contributed by atoms with van der Waals surface area (Å²) in [5, 5.41) is 15.5. The van der Waals surface area contributed by atoms with Crippen LogP contribution in [0.15, 0.2) is 64.9 Å². The van der Waals surface area contributed by atoms with E-state index in [1.54, 1.807) is 43.3 Å². The van der Waals surface area contributed by atoms with Crippen molar-refractivity contribution in [2.45, 2.75) is 37.8 Å². The molecule has 0 saturated heterocycles. The number of halogens is 1. The van der Waals surface area contributed by atoms with Gasteiger partial charge in [-0.2, -0.15) is 0 Å². The zero-order valence-corrected chi connectivity index (χ0v) is 30.7. The van der Waals surface area contributed by atoms with E-state index >= 15 is 0 Å². The molecule has 0 bridgehead atoms. The van der Waals surface area contributed by atoms with Crippen molar-refractivity contribution in [2.75, 3.05) is 42.1 Å². The van der Waals surface area contributed by atoms with Gasteiger partial charge in [-0.3, -0.25) is 23.7 Å². The van der Waals surface area contributed by atoms with Gasteiger partial charge < -0.3 is 38.8 Å². The molecule has 53 heavy (non-hydrogen) atoms. The standard InChI is InChI=1S/C38H38ClN3O11/c1-19-13-24(43)30(35(45)38(19)36(46)31-25(48-2)17-26(49-3)32(39)34(31)53-38)22(20-14-27(50-4)33(52-6)28(15-20)51-5)16-29(44)40-11-12-42-18-41-23-10-8-7-9-21(23)37(42)47/h7-10,14-15,17-19,22,45H,11-13,16H2,1-6H3,(H,40,44)/t19-,22?,38+/m1/s1. The van der Waals surface area contributed by atoms with Gasteiger partial charge in [0, 0.05) is 49.4 Å². The van der Waals surface area contributed by atoms with Crippen LogP contribution in [0.5, 0.6) is 34.5 Å². The smallest absolute Gasteiger partial charge is 0.261 e. The zero-order chi connectivity index (χ0) is 38.2. The van der Waals surface area contributed by atoms with Crippen molar-refractivity contribution >= 4 is 40.0 Å². The Bertz CT molecular complexity index is 2210. The number of aliphatic hydroxyl groups is 1. The second kappa shape index (κ2) is 14.7. The van der Waals surface area contributed by atoms with Crippen molar-refractivity contribution in [3.8, 4) is 34.5 Å². The van der Waals surface area contributed by atoms with Crippen LogP contribution in [0.3, 0.4) is 0 Å². The molecule has 14 nitrogen and oxygen atoms in total. The van der Waals surface area contributed by atoms with Crippen molar-refractivity contribution in [2.24, 2.45) is 5.92 Å². The highest BCUT2D eigenvalue weighted by atomic mass is 35.5. The third kappa shape index (κ3) is 6.16. The number of ketones is 2. The number of ether oxygens (including phenoxy) is 6. The minimum absolute atomic E-state index is 0.0201. The van der Waals surface area contributed by atoms with Crippen molar-refractivity contribution in [3.05, 3.63) is 86.6 Å². The van der Waals surface area contributed by atoms with Gasteiger partial charge in [0.25, 0.3) is 5.56 Å². The van der Waals surface area contributed by atoms with E-state index < -0.39 is 40.7 Å². The fourth-order valence-electron chi connectivity index (χ4n) is 7.07. The van der Waals surface area contributed by atoms with E-state index in [4.69, 9.17) is 40.0 Å². The summed E-state index contributed by atoms with van der Waals surface area (Å²) in [6, 6.07) is 11.5. The quantitative estimate of drug-likeness (QED) is 0.203. The lowest BCUT2D eigenvalue weighted by Gasteiger charge is -2.38. The summed E-state index contributed by atoms with van der Waals surface area (Å²) in [7, 11) is 7.02. The second-order valence-electron chi connectivity index (χ2n) is 12.6. The fourth-order valence-corrected chi connectivity index (χ4v) is 7.33. The van der Waals surface area contributed by atoms with Gasteiger partial charge in [-0.25, -0.2) is 4.98 Å². The lowest BCUT2D eigenvalue weighted by Crippen LogP contribution is -2.53. The first kappa shape index (κ1) is 37.0. The van der Waals surface area contributed by atoms with E-state index in [2.05, 4.69) is 10.3 Å². The molecule has 0 saturated carbocycles. The molecule has 15 heteroatoms. The average molecular weight is 748 g/mol. The molecule has 3 aromatic carbocycles. The number of hydrogen-bond donors (Lipinski definition) is 2. The molecule has 0 fully saturated rings. The minimum Gasteiger partial charge on any atom is -0.507 e. The molecule has 6 rings (SSSR count). The molecule has 1 spiro atoms. The largest absolute Gasteiger partial charge is 0.507 e. The number of aromatic nitrogens is 2. The van der Waals surface area contributed by atoms with Crippen LogP contribution in [0.4, 0.5) is 0 Å². The molecule has 1 aromatic heterocycles. The van der Waals surface area contributed by atoms with Crippen molar-refractivity contribution in [1.82, 2.24) is 14.9 Å². The average Bonchev–Trinajstić information content (AvgIpc) is 3.48. The van der Waals surface area contributed by atoms with Crippen molar-refractivity contribution < 1.29 is 47.9 Å². The highest BCUT2D eigenvalue weighted by molar-refractivity contribution is 6.35. The number of nitrogens with zero attached hydrogens (tertiary/aromatic N) is 2. The van der Waals surface area contributed by atoms with E-state index in [9.17, 15) is 24.3 Å². The molecular formula is C38H38ClN3O11. The Kier molecular flexibility index (Phi) is 10.3. The number of allylic oxidation sites excluding steroid dienone is 1. The van der Waals surface area contributed by atoms with E-state index in [1.165, 1.54) is 52.5 Å². The summed E-state index contributed by atoms with van der Waals surface area (Å²) < 4.78 is 35.2. The summed E-state index contributed by atoms with van der Waals surface area (Å²) in [6.45, 7) is 1.76. The number of nitrogens with one attached hydrogen (secondary N) is 1. The number of carbonyl (C=O) groups excluding carboxylic acids is 3. The first-order valence-electron chi connectivity index (χ1n) is 16.6. The Morgan fingerprint density at radius 3 is 2.30 bits per heavy atom. The van der Waals surface area contributed by atoms with Gasteiger partial charge in [0.05, 0.1) is 52.8 Å². The molecule has 2 N–H and O–H groups in total. The van der Waals surface area contributed by atoms with E-state index in [0.29, 0.717) is 16.5 Å². The SMILES string of the molecule is COc1cc(OC)c2c(c1Cl)O[C@]1(C2=O)C(O)=C(C(CC(=O)NCCn2cnc3ccccc3c2=O)c2cc(OC)c(OC)c(OC)c2)C(=O)C[C@H]1C. The molecule has 2 heterocycles. The molecule has 0 radical (unpaired) electrons. The number of amides is 1. The van der Waals surface area contributed by atoms with Crippen molar-refractivity contribution in [1.29, 1.82) is 0 Å². The number of methoxy groups -OCH3 is 5. The zero-order valence-electron chi connectivity index (χ0n) is 29.9. The molecule has 1 aliphatic carbocycles. The second-order valence-corrected chi connectivity index (χ2v) is 13.0. The van der Waals surface area contributed by atoms with Crippen LogP contribution >= 0.6 is 11.6 Å². The van der Waals surface area contributed by atoms with Crippen LogP contribution in [-0.2, 0) is 16.1 Å². The van der Waals surface area contributed by atoms with Gasteiger partial charge in [-0.15, -0.1) is 0 Å². The van der Waals surface area contributed by atoms with Crippen LogP contribution in [0, 0.1) is 5.92 Å². The maximum absolute atomic E-state index is 14.5. The van der Waals surface area contributed by atoms with Gasteiger partial charge in [0.1, 0.15) is 22.1 Å². The molecule has 4 aromatic rings. The van der Waals surface area contributed by atoms with Crippen LogP contribution in [-0.4, -0.2) is 79.8 Å². The maximum Gasteiger partial charge on any atom is 0.261 e.